The Balaban J connectivity index is 2.11. The highest BCUT2D eigenvalue weighted by Crippen LogP contribution is 2.22. The van der Waals surface area contributed by atoms with Crippen molar-refractivity contribution in [3.63, 3.8) is 0 Å². The summed E-state index contributed by atoms with van der Waals surface area (Å²) in [5.74, 6) is 0.576. The maximum absolute atomic E-state index is 11.4. The van der Waals surface area contributed by atoms with E-state index in [4.69, 9.17) is 16.3 Å². The number of halogens is 1. The molecular weight excluding hydrogens is 258 g/mol. The van der Waals surface area contributed by atoms with E-state index in [2.05, 4.69) is 4.98 Å². The van der Waals surface area contributed by atoms with Gasteiger partial charge < -0.3 is 4.74 Å². The summed E-state index contributed by atoms with van der Waals surface area (Å²) in [4.78, 5) is 16.2. The normalized spacial score (nSPS) is 10.2. The van der Waals surface area contributed by atoms with E-state index in [9.17, 15) is 4.79 Å². The molecule has 5 heteroatoms. The van der Waals surface area contributed by atoms with Crippen LogP contribution in [0, 0.1) is 0 Å². The van der Waals surface area contributed by atoms with Crippen LogP contribution in [-0.2, 0) is 6.61 Å². The van der Waals surface area contributed by atoms with Crippen molar-refractivity contribution in [3.05, 3.63) is 45.4 Å². The molecule has 0 bridgehead atoms. The number of hydrogen-bond donors (Lipinski definition) is 0. The van der Waals surface area contributed by atoms with E-state index in [1.54, 1.807) is 18.3 Å². The summed E-state index contributed by atoms with van der Waals surface area (Å²) in [5.41, 5.74) is 0.586. The van der Waals surface area contributed by atoms with Crippen LogP contribution in [0.2, 0.25) is 4.47 Å². The molecular formula is C12H10ClNO2S. The summed E-state index contributed by atoms with van der Waals surface area (Å²) < 4.78 is 6.08. The number of rotatable bonds is 4. The lowest BCUT2D eigenvalue weighted by molar-refractivity contribution is 0.101. The molecule has 1 heterocycles. The highest BCUT2D eigenvalue weighted by Gasteiger charge is 2.08. The number of nitrogens with zero attached hydrogens (tertiary/aromatic N) is 1. The lowest BCUT2D eigenvalue weighted by Crippen LogP contribution is -2.00. The summed E-state index contributed by atoms with van der Waals surface area (Å²) in [6.45, 7) is 1.89. The second-order valence-electron chi connectivity index (χ2n) is 3.42. The number of aromatic nitrogens is 1. The number of ketones is 1. The molecule has 0 aliphatic heterocycles. The van der Waals surface area contributed by atoms with Gasteiger partial charge in [-0.3, -0.25) is 4.79 Å². The smallest absolute Gasteiger partial charge is 0.183 e. The Morgan fingerprint density at radius 2 is 2.24 bits per heavy atom. The zero-order valence-corrected chi connectivity index (χ0v) is 10.7. The van der Waals surface area contributed by atoms with Gasteiger partial charge in [0.05, 0.1) is 10.4 Å². The van der Waals surface area contributed by atoms with Crippen molar-refractivity contribution in [3.8, 4) is 5.75 Å². The second-order valence-corrected chi connectivity index (χ2v) is 5.12. The topological polar surface area (TPSA) is 39.2 Å². The van der Waals surface area contributed by atoms with Gasteiger partial charge in [0.1, 0.15) is 12.4 Å². The number of hydrogen-bond acceptors (Lipinski definition) is 4. The van der Waals surface area contributed by atoms with Gasteiger partial charge in [-0.25, -0.2) is 4.98 Å². The molecule has 0 fully saturated rings. The van der Waals surface area contributed by atoms with Crippen LogP contribution in [0.3, 0.4) is 0 Å². The first kappa shape index (κ1) is 12.1. The Bertz CT molecular complexity index is 539. The molecule has 0 aliphatic carbocycles. The van der Waals surface area contributed by atoms with Crippen molar-refractivity contribution in [2.24, 2.45) is 0 Å². The maximum Gasteiger partial charge on any atom is 0.183 e. The molecule has 0 aliphatic rings. The first-order valence-corrected chi connectivity index (χ1v) is 6.19. The summed E-state index contributed by atoms with van der Waals surface area (Å²) in [5, 5.41) is 0. The Hall–Kier alpha value is -1.39. The summed E-state index contributed by atoms with van der Waals surface area (Å²) in [6.07, 6.45) is 1.67. The fourth-order valence-corrected chi connectivity index (χ4v) is 2.27. The van der Waals surface area contributed by atoms with Crippen LogP contribution in [-0.4, -0.2) is 10.8 Å². The monoisotopic (exact) mass is 267 g/mol. The van der Waals surface area contributed by atoms with Gasteiger partial charge in [0.25, 0.3) is 0 Å². The molecule has 0 unspecified atom stereocenters. The number of carbonyl (C=O) groups excluding carboxylic acids is 1. The molecule has 17 heavy (non-hydrogen) atoms. The molecule has 3 nitrogen and oxygen atoms in total. The largest absolute Gasteiger partial charge is 0.487 e. The van der Waals surface area contributed by atoms with Gasteiger partial charge in [-0.2, -0.15) is 0 Å². The minimum absolute atomic E-state index is 0.0112. The lowest BCUT2D eigenvalue weighted by Gasteiger charge is -2.07. The van der Waals surface area contributed by atoms with E-state index >= 15 is 0 Å². The van der Waals surface area contributed by atoms with E-state index in [1.807, 2.05) is 12.1 Å². The number of ether oxygens (including phenoxy) is 1. The number of carbonyl (C=O) groups is 1. The summed E-state index contributed by atoms with van der Waals surface area (Å²) >= 11 is 7.09. The van der Waals surface area contributed by atoms with E-state index in [1.165, 1.54) is 18.3 Å². The van der Waals surface area contributed by atoms with Gasteiger partial charge in [-0.15, -0.1) is 11.3 Å². The molecule has 0 amide bonds. The van der Waals surface area contributed by atoms with Crippen LogP contribution in [0.1, 0.15) is 22.2 Å². The lowest BCUT2D eigenvalue weighted by atomic mass is 10.1. The van der Waals surface area contributed by atoms with Gasteiger partial charge in [0, 0.05) is 6.20 Å². The van der Waals surface area contributed by atoms with Gasteiger partial charge in [-0.05, 0) is 19.1 Å². The van der Waals surface area contributed by atoms with Crippen molar-refractivity contribution in [1.29, 1.82) is 0 Å². The van der Waals surface area contributed by atoms with Crippen molar-refractivity contribution in [2.45, 2.75) is 13.5 Å². The van der Waals surface area contributed by atoms with Crippen LogP contribution in [0.15, 0.2) is 30.5 Å². The molecule has 88 valence electrons. The molecule has 1 aromatic heterocycles. The van der Waals surface area contributed by atoms with Crippen molar-refractivity contribution < 1.29 is 9.53 Å². The van der Waals surface area contributed by atoms with Gasteiger partial charge in [0.15, 0.2) is 10.3 Å². The molecule has 0 saturated heterocycles. The van der Waals surface area contributed by atoms with Crippen molar-refractivity contribution >= 4 is 28.7 Å². The molecule has 1 aromatic carbocycles. The summed E-state index contributed by atoms with van der Waals surface area (Å²) in [7, 11) is 0. The van der Waals surface area contributed by atoms with E-state index in [0.717, 1.165) is 4.88 Å². The standard InChI is InChI=1S/C12H10ClNO2S/c1-8(15)10-4-2-3-5-11(10)16-7-9-6-14-12(13)17-9/h2-6H,7H2,1H3. The third-order valence-electron chi connectivity index (χ3n) is 2.16. The van der Waals surface area contributed by atoms with Gasteiger partial charge >= 0.3 is 0 Å². The Kier molecular flexibility index (Phi) is 3.76. The van der Waals surface area contributed by atoms with E-state index in [0.29, 0.717) is 22.4 Å². The van der Waals surface area contributed by atoms with E-state index in [-0.39, 0.29) is 5.78 Å². The van der Waals surface area contributed by atoms with Crippen LogP contribution in [0.25, 0.3) is 0 Å². The Morgan fingerprint density at radius 3 is 2.88 bits per heavy atom. The number of Topliss-reactive ketones (excluding diaryl/α,β-unsaturated/α-hetero) is 1. The zero-order valence-electron chi connectivity index (χ0n) is 9.14. The minimum Gasteiger partial charge on any atom is -0.487 e. The average Bonchev–Trinajstić information content (AvgIpc) is 2.73. The van der Waals surface area contributed by atoms with Crippen molar-refractivity contribution in [1.82, 2.24) is 4.98 Å². The van der Waals surface area contributed by atoms with Gasteiger partial charge in [-0.1, -0.05) is 23.7 Å². The highest BCUT2D eigenvalue weighted by atomic mass is 35.5. The first-order valence-electron chi connectivity index (χ1n) is 5.00. The SMILES string of the molecule is CC(=O)c1ccccc1OCc1cnc(Cl)s1. The van der Waals surface area contributed by atoms with Crippen LogP contribution >= 0.6 is 22.9 Å². The van der Waals surface area contributed by atoms with Crippen LogP contribution in [0.5, 0.6) is 5.75 Å². The van der Waals surface area contributed by atoms with Crippen LogP contribution < -0.4 is 4.74 Å². The fraction of sp³-hybridized carbons (Fsp3) is 0.167. The fourth-order valence-electron chi connectivity index (χ4n) is 1.38. The molecule has 0 N–H and O–H groups in total. The predicted molar refractivity (Wildman–Crippen MR) is 67.9 cm³/mol. The van der Waals surface area contributed by atoms with Crippen molar-refractivity contribution in [2.75, 3.05) is 0 Å². The number of thiazole rings is 1. The molecule has 0 atom stereocenters. The third-order valence-corrected chi connectivity index (χ3v) is 3.25. The molecule has 0 spiro atoms. The highest BCUT2D eigenvalue weighted by molar-refractivity contribution is 7.15. The number of para-hydroxylation sites is 1. The van der Waals surface area contributed by atoms with Crippen LogP contribution in [0.4, 0.5) is 0 Å². The predicted octanol–water partition coefficient (Wildman–Crippen LogP) is 3.58. The molecule has 0 saturated carbocycles. The molecule has 0 radical (unpaired) electrons. The maximum atomic E-state index is 11.4. The molecule has 2 aromatic rings. The zero-order chi connectivity index (χ0) is 12.3. The quantitative estimate of drug-likeness (QED) is 0.795. The van der Waals surface area contributed by atoms with E-state index < -0.39 is 0 Å². The average molecular weight is 268 g/mol. The van der Waals surface area contributed by atoms with Gasteiger partial charge in [0.2, 0.25) is 0 Å². The minimum atomic E-state index is -0.0112. The summed E-state index contributed by atoms with van der Waals surface area (Å²) in [6, 6.07) is 7.17. The Labute approximate surface area is 108 Å². The number of benzene rings is 1. The molecule has 2 rings (SSSR count). The Morgan fingerprint density at radius 1 is 1.47 bits per heavy atom. The third kappa shape index (κ3) is 3.05. The first-order chi connectivity index (χ1) is 8.16. The second kappa shape index (κ2) is 5.29.